The van der Waals surface area contributed by atoms with Gasteiger partial charge < -0.3 is 0 Å². The molecule has 102 valence electrons. The van der Waals surface area contributed by atoms with E-state index in [0.29, 0.717) is 11.4 Å². The molecule has 1 atom stereocenters. The predicted octanol–water partition coefficient (Wildman–Crippen LogP) is 1.22. The minimum absolute atomic E-state index is 0.0754. The molecule has 0 aliphatic carbocycles. The van der Waals surface area contributed by atoms with E-state index in [0.717, 1.165) is 5.56 Å². The van der Waals surface area contributed by atoms with Crippen molar-refractivity contribution in [2.24, 2.45) is 11.0 Å². The summed E-state index contributed by atoms with van der Waals surface area (Å²) in [6.45, 7) is 0. The van der Waals surface area contributed by atoms with Crippen LogP contribution in [0.2, 0.25) is 5.02 Å². The van der Waals surface area contributed by atoms with Crippen LogP contribution in [0.15, 0.2) is 29.4 Å². The Morgan fingerprint density at radius 3 is 2.63 bits per heavy atom. The molecule has 1 saturated heterocycles. The first-order valence-corrected chi connectivity index (χ1v) is 7.95. The Labute approximate surface area is 116 Å². The van der Waals surface area contributed by atoms with Gasteiger partial charge in [-0.15, -0.1) is 0 Å². The van der Waals surface area contributed by atoms with E-state index in [2.05, 4.69) is 10.5 Å². The largest absolute Gasteiger partial charge is 0.273 e. The third-order valence-electron chi connectivity index (χ3n) is 2.86. The first-order chi connectivity index (χ1) is 8.96. The van der Waals surface area contributed by atoms with Gasteiger partial charge >= 0.3 is 0 Å². The van der Waals surface area contributed by atoms with Crippen molar-refractivity contribution in [3.05, 3.63) is 34.9 Å². The number of carbonyl (C=O) groups excluding carboxylic acids is 1. The van der Waals surface area contributed by atoms with Gasteiger partial charge in [0.15, 0.2) is 9.84 Å². The lowest BCUT2D eigenvalue weighted by atomic mass is 10.1. The summed E-state index contributed by atoms with van der Waals surface area (Å²) in [7, 11) is -3.05. The molecule has 1 amide bonds. The third-order valence-corrected chi connectivity index (χ3v) is 4.88. The minimum Gasteiger partial charge on any atom is -0.273 e. The SMILES string of the molecule is O=C(N/N=C\c1ccc(Cl)cc1)[C@H]1CCS(=O)(=O)C1. The lowest BCUT2D eigenvalue weighted by Gasteiger charge is -2.04. The van der Waals surface area contributed by atoms with E-state index in [1.165, 1.54) is 6.21 Å². The summed E-state index contributed by atoms with van der Waals surface area (Å²) in [5.41, 5.74) is 3.15. The quantitative estimate of drug-likeness (QED) is 0.674. The van der Waals surface area contributed by atoms with Crippen LogP contribution in [0.4, 0.5) is 0 Å². The molecule has 1 aromatic rings. The van der Waals surface area contributed by atoms with E-state index in [1.54, 1.807) is 24.3 Å². The molecule has 0 radical (unpaired) electrons. The van der Waals surface area contributed by atoms with E-state index in [4.69, 9.17) is 11.6 Å². The van der Waals surface area contributed by atoms with E-state index < -0.39 is 15.8 Å². The van der Waals surface area contributed by atoms with Crippen molar-refractivity contribution in [1.29, 1.82) is 0 Å². The number of rotatable bonds is 3. The molecule has 1 aliphatic heterocycles. The summed E-state index contributed by atoms with van der Waals surface area (Å²) in [5, 5.41) is 4.42. The van der Waals surface area contributed by atoms with Gasteiger partial charge in [0.25, 0.3) is 0 Å². The van der Waals surface area contributed by atoms with Gasteiger partial charge in [0.05, 0.1) is 23.6 Å². The van der Waals surface area contributed by atoms with Crippen LogP contribution >= 0.6 is 11.6 Å². The molecule has 1 N–H and O–H groups in total. The maximum absolute atomic E-state index is 11.7. The van der Waals surface area contributed by atoms with Crippen molar-refractivity contribution >= 4 is 33.6 Å². The molecule has 0 unspecified atom stereocenters. The molecular formula is C12H13ClN2O3S. The zero-order valence-corrected chi connectivity index (χ0v) is 11.6. The average Bonchev–Trinajstić information content (AvgIpc) is 2.72. The fraction of sp³-hybridized carbons (Fsp3) is 0.333. The molecule has 1 heterocycles. The van der Waals surface area contributed by atoms with Gasteiger partial charge in [0.2, 0.25) is 5.91 Å². The molecule has 2 rings (SSSR count). The van der Waals surface area contributed by atoms with Crippen molar-refractivity contribution in [2.45, 2.75) is 6.42 Å². The molecule has 0 bridgehead atoms. The van der Waals surface area contributed by atoms with Gasteiger partial charge in [-0.3, -0.25) is 4.79 Å². The number of halogens is 1. The lowest BCUT2D eigenvalue weighted by molar-refractivity contribution is -0.124. The second kappa shape index (κ2) is 5.71. The smallest absolute Gasteiger partial charge is 0.244 e. The van der Waals surface area contributed by atoms with Crippen LogP contribution in [0.3, 0.4) is 0 Å². The van der Waals surface area contributed by atoms with Crippen molar-refractivity contribution in [1.82, 2.24) is 5.43 Å². The number of hydrogen-bond acceptors (Lipinski definition) is 4. The van der Waals surface area contributed by atoms with Crippen molar-refractivity contribution in [3.8, 4) is 0 Å². The third kappa shape index (κ3) is 4.04. The molecule has 19 heavy (non-hydrogen) atoms. The van der Waals surface area contributed by atoms with Crippen molar-refractivity contribution in [3.63, 3.8) is 0 Å². The summed E-state index contributed by atoms with van der Waals surface area (Å²) < 4.78 is 22.5. The van der Waals surface area contributed by atoms with E-state index >= 15 is 0 Å². The fourth-order valence-corrected chi connectivity index (χ4v) is 3.68. The topological polar surface area (TPSA) is 75.6 Å². The number of carbonyl (C=O) groups is 1. The zero-order chi connectivity index (χ0) is 13.9. The van der Waals surface area contributed by atoms with Crippen LogP contribution in [0.5, 0.6) is 0 Å². The van der Waals surface area contributed by atoms with Crippen molar-refractivity contribution < 1.29 is 13.2 Å². The van der Waals surface area contributed by atoms with Crippen LogP contribution < -0.4 is 5.43 Å². The molecule has 1 fully saturated rings. The summed E-state index contributed by atoms with van der Waals surface area (Å²) in [6, 6.07) is 6.96. The van der Waals surface area contributed by atoms with Gasteiger partial charge in [-0.25, -0.2) is 13.8 Å². The fourth-order valence-electron chi connectivity index (χ4n) is 1.81. The molecule has 0 saturated carbocycles. The van der Waals surface area contributed by atoms with Crippen LogP contribution in [0.25, 0.3) is 0 Å². The highest BCUT2D eigenvalue weighted by Crippen LogP contribution is 2.18. The Hall–Kier alpha value is -1.40. The minimum atomic E-state index is -3.05. The van der Waals surface area contributed by atoms with E-state index in [-0.39, 0.29) is 17.4 Å². The zero-order valence-electron chi connectivity index (χ0n) is 10.0. The first-order valence-electron chi connectivity index (χ1n) is 5.75. The van der Waals surface area contributed by atoms with E-state index in [1.807, 2.05) is 0 Å². The maximum atomic E-state index is 11.7. The monoisotopic (exact) mass is 300 g/mol. The molecule has 0 aromatic heterocycles. The second-order valence-electron chi connectivity index (χ2n) is 4.39. The van der Waals surface area contributed by atoms with Gasteiger partial charge in [-0.05, 0) is 24.1 Å². The number of nitrogens with zero attached hydrogens (tertiary/aromatic N) is 1. The van der Waals surface area contributed by atoms with Gasteiger partial charge in [0.1, 0.15) is 0 Å². The number of nitrogens with one attached hydrogen (secondary N) is 1. The summed E-state index contributed by atoms with van der Waals surface area (Å²) in [6.07, 6.45) is 1.85. The summed E-state index contributed by atoms with van der Waals surface area (Å²) in [4.78, 5) is 11.7. The highest BCUT2D eigenvalue weighted by Gasteiger charge is 2.32. The van der Waals surface area contributed by atoms with E-state index in [9.17, 15) is 13.2 Å². The van der Waals surface area contributed by atoms with Crippen LogP contribution in [-0.2, 0) is 14.6 Å². The van der Waals surface area contributed by atoms with Gasteiger partial charge in [0, 0.05) is 5.02 Å². The highest BCUT2D eigenvalue weighted by atomic mass is 35.5. The van der Waals surface area contributed by atoms with Crippen molar-refractivity contribution in [2.75, 3.05) is 11.5 Å². The Kier molecular flexibility index (Phi) is 4.21. The molecule has 5 nitrogen and oxygen atoms in total. The number of sulfone groups is 1. The van der Waals surface area contributed by atoms with Crippen LogP contribution in [-0.4, -0.2) is 32.0 Å². The Morgan fingerprint density at radius 1 is 1.37 bits per heavy atom. The Balaban J connectivity index is 1.89. The number of hydrazone groups is 1. The standard InChI is InChI=1S/C12H13ClN2O3S/c13-11-3-1-9(2-4-11)7-14-15-12(16)10-5-6-19(17,18)8-10/h1-4,7,10H,5-6,8H2,(H,15,16)/b14-7-/t10-/m0/s1. The number of benzene rings is 1. The first kappa shape index (κ1) is 14.0. The van der Waals surface area contributed by atoms with Gasteiger partial charge in [-0.2, -0.15) is 5.10 Å². The molecular weight excluding hydrogens is 288 g/mol. The summed E-state index contributed by atoms with van der Waals surface area (Å²) >= 11 is 5.74. The normalized spacial score (nSPS) is 21.6. The number of amides is 1. The average molecular weight is 301 g/mol. The maximum Gasteiger partial charge on any atom is 0.244 e. The Morgan fingerprint density at radius 2 is 2.05 bits per heavy atom. The van der Waals surface area contributed by atoms with Crippen LogP contribution in [0, 0.1) is 5.92 Å². The second-order valence-corrected chi connectivity index (χ2v) is 7.05. The summed E-state index contributed by atoms with van der Waals surface area (Å²) in [5.74, 6) is -0.861. The molecule has 7 heteroatoms. The molecule has 1 aromatic carbocycles. The van der Waals surface area contributed by atoms with Crippen LogP contribution in [0.1, 0.15) is 12.0 Å². The highest BCUT2D eigenvalue weighted by molar-refractivity contribution is 7.91. The molecule has 1 aliphatic rings. The predicted molar refractivity (Wildman–Crippen MR) is 73.9 cm³/mol. The molecule has 0 spiro atoms. The number of hydrogen-bond donors (Lipinski definition) is 1. The lowest BCUT2D eigenvalue weighted by Crippen LogP contribution is -2.27. The van der Waals surface area contributed by atoms with Gasteiger partial charge in [-0.1, -0.05) is 23.7 Å². The Bertz CT molecular complexity index is 596.